The first kappa shape index (κ1) is 9.26. The Hall–Kier alpha value is -2.30. The topological polar surface area (TPSA) is 73.1 Å². The Morgan fingerprint density at radius 1 is 1.27 bits per heavy atom. The molecule has 0 aliphatic carbocycles. The Bertz CT molecular complexity index is 551. The van der Waals surface area contributed by atoms with E-state index in [1.807, 2.05) is 0 Å². The van der Waals surface area contributed by atoms with Crippen LogP contribution in [0.5, 0.6) is 0 Å². The van der Waals surface area contributed by atoms with E-state index in [0.717, 1.165) is 0 Å². The molecule has 0 aliphatic heterocycles. The molecule has 15 heavy (non-hydrogen) atoms. The zero-order valence-corrected chi connectivity index (χ0v) is 7.51. The molecule has 0 unspecified atom stereocenters. The third-order valence-electron chi connectivity index (χ3n) is 2.01. The molecule has 0 fully saturated rings. The molecule has 1 heterocycles. The predicted molar refractivity (Wildman–Crippen MR) is 53.2 cm³/mol. The normalized spacial score (nSPS) is 10.1. The summed E-state index contributed by atoms with van der Waals surface area (Å²) in [5.41, 5.74) is 0.778. The van der Waals surface area contributed by atoms with Crippen LogP contribution in [0.1, 0.15) is 5.56 Å². The maximum atomic E-state index is 10.6. The van der Waals surface area contributed by atoms with Crippen LogP contribution >= 0.6 is 0 Å². The van der Waals surface area contributed by atoms with Crippen LogP contribution in [0.25, 0.3) is 10.9 Å². The summed E-state index contributed by atoms with van der Waals surface area (Å²) >= 11 is 0. The standard InChI is InChI=1S/C10H5N2O3/c13-6-7-2-1-3-9-8(7)4-5-10(11-9)12(14)15/h1-5H. The van der Waals surface area contributed by atoms with Crippen LogP contribution < -0.4 is 0 Å². The van der Waals surface area contributed by atoms with Gasteiger partial charge in [-0.1, -0.05) is 6.07 Å². The minimum absolute atomic E-state index is 0.231. The van der Waals surface area contributed by atoms with Gasteiger partial charge < -0.3 is 10.1 Å². The van der Waals surface area contributed by atoms with Crippen molar-refractivity contribution in [2.75, 3.05) is 0 Å². The van der Waals surface area contributed by atoms with Crippen molar-refractivity contribution in [2.24, 2.45) is 0 Å². The monoisotopic (exact) mass is 201 g/mol. The van der Waals surface area contributed by atoms with Crippen molar-refractivity contribution in [3.63, 3.8) is 0 Å². The third-order valence-corrected chi connectivity index (χ3v) is 2.01. The molecule has 1 radical (unpaired) electrons. The fourth-order valence-electron chi connectivity index (χ4n) is 1.33. The van der Waals surface area contributed by atoms with Crippen LogP contribution in [0.4, 0.5) is 5.82 Å². The minimum Gasteiger partial charge on any atom is -0.358 e. The van der Waals surface area contributed by atoms with Gasteiger partial charge in [0.25, 0.3) is 0 Å². The number of hydrogen-bond donors (Lipinski definition) is 0. The number of hydrogen-bond acceptors (Lipinski definition) is 4. The molecule has 5 heteroatoms. The smallest absolute Gasteiger partial charge is 0.358 e. The molecule has 0 spiro atoms. The molecular formula is C10H5N2O3. The Morgan fingerprint density at radius 2 is 2.07 bits per heavy atom. The lowest BCUT2D eigenvalue weighted by molar-refractivity contribution is -0.389. The molecule has 0 atom stereocenters. The summed E-state index contributed by atoms with van der Waals surface area (Å²) in [6.45, 7) is 0. The van der Waals surface area contributed by atoms with Gasteiger partial charge in [0.2, 0.25) is 6.29 Å². The van der Waals surface area contributed by atoms with E-state index in [0.29, 0.717) is 16.5 Å². The van der Waals surface area contributed by atoms with Crippen LogP contribution in [0, 0.1) is 10.1 Å². The first-order chi connectivity index (χ1) is 7.22. The minimum atomic E-state index is -0.573. The fraction of sp³-hybridized carbons (Fsp3) is 0. The SMILES string of the molecule is O=[C]c1cccc2nc([N+](=O)[O-])ccc12. The summed E-state index contributed by atoms with van der Waals surface area (Å²) < 4.78 is 0. The van der Waals surface area contributed by atoms with Crippen molar-refractivity contribution in [3.05, 3.63) is 46.0 Å². The van der Waals surface area contributed by atoms with Crippen LogP contribution in [0.15, 0.2) is 30.3 Å². The summed E-state index contributed by atoms with van der Waals surface area (Å²) in [4.78, 5) is 24.3. The van der Waals surface area contributed by atoms with Gasteiger partial charge in [-0.25, -0.2) is 0 Å². The number of fused-ring (bicyclic) bond motifs is 1. The van der Waals surface area contributed by atoms with Crippen LogP contribution in [-0.4, -0.2) is 16.2 Å². The molecule has 0 aliphatic rings. The number of nitro groups is 1. The highest BCUT2D eigenvalue weighted by atomic mass is 16.6. The molecule has 0 amide bonds. The van der Waals surface area contributed by atoms with Gasteiger partial charge in [0, 0.05) is 17.0 Å². The van der Waals surface area contributed by atoms with Gasteiger partial charge in [-0.05, 0) is 28.1 Å². The van der Waals surface area contributed by atoms with Crippen LogP contribution in [0.3, 0.4) is 0 Å². The molecule has 0 N–H and O–H groups in total. The second-order valence-electron chi connectivity index (χ2n) is 2.90. The van der Waals surface area contributed by atoms with Gasteiger partial charge in [0.1, 0.15) is 0 Å². The van der Waals surface area contributed by atoms with E-state index in [4.69, 9.17) is 0 Å². The summed E-state index contributed by atoms with van der Waals surface area (Å²) in [5, 5.41) is 11.0. The van der Waals surface area contributed by atoms with Gasteiger partial charge in [-0.15, -0.1) is 0 Å². The quantitative estimate of drug-likeness (QED) is 0.546. The van der Waals surface area contributed by atoms with E-state index in [-0.39, 0.29) is 5.82 Å². The van der Waals surface area contributed by atoms with Gasteiger partial charge in [0.05, 0.1) is 0 Å². The third kappa shape index (κ3) is 1.54. The molecule has 1 aromatic heterocycles. The molecule has 73 valence electrons. The number of benzene rings is 1. The Balaban J connectivity index is 2.74. The molecule has 2 rings (SSSR count). The van der Waals surface area contributed by atoms with Crippen molar-refractivity contribution < 1.29 is 9.72 Å². The zero-order valence-electron chi connectivity index (χ0n) is 7.51. The lowest BCUT2D eigenvalue weighted by Gasteiger charge is -1.96. The number of nitrogens with zero attached hydrogens (tertiary/aromatic N) is 2. The van der Waals surface area contributed by atoms with Crippen LogP contribution in [0.2, 0.25) is 0 Å². The lowest BCUT2D eigenvalue weighted by Crippen LogP contribution is -1.93. The van der Waals surface area contributed by atoms with Gasteiger partial charge in [0.15, 0.2) is 5.52 Å². The summed E-state index contributed by atoms with van der Waals surface area (Å²) in [6, 6.07) is 7.58. The molecule has 5 nitrogen and oxygen atoms in total. The summed E-state index contributed by atoms with van der Waals surface area (Å²) in [5.74, 6) is -0.231. The Kier molecular flexibility index (Phi) is 2.13. The second kappa shape index (κ2) is 3.45. The molecule has 0 bridgehead atoms. The van der Waals surface area contributed by atoms with E-state index in [1.165, 1.54) is 12.1 Å². The number of rotatable bonds is 2. The van der Waals surface area contributed by atoms with Crippen molar-refractivity contribution in [2.45, 2.75) is 0 Å². The highest BCUT2D eigenvalue weighted by Gasteiger charge is 2.11. The van der Waals surface area contributed by atoms with Crippen LogP contribution in [-0.2, 0) is 4.79 Å². The average molecular weight is 201 g/mol. The molecule has 0 saturated heterocycles. The number of pyridine rings is 1. The summed E-state index contributed by atoms with van der Waals surface area (Å²) in [7, 11) is 0. The molecule has 1 aromatic carbocycles. The lowest BCUT2D eigenvalue weighted by atomic mass is 10.1. The average Bonchev–Trinajstić information content (AvgIpc) is 2.27. The van der Waals surface area contributed by atoms with Crippen molar-refractivity contribution in [3.8, 4) is 0 Å². The Morgan fingerprint density at radius 3 is 2.73 bits per heavy atom. The van der Waals surface area contributed by atoms with E-state index in [2.05, 4.69) is 4.98 Å². The van der Waals surface area contributed by atoms with E-state index >= 15 is 0 Å². The first-order valence-corrected chi connectivity index (χ1v) is 4.14. The summed E-state index contributed by atoms with van der Waals surface area (Å²) in [6.07, 6.45) is 1.76. The molecule has 2 aromatic rings. The van der Waals surface area contributed by atoms with Crippen molar-refractivity contribution in [1.82, 2.24) is 4.98 Å². The van der Waals surface area contributed by atoms with E-state index in [9.17, 15) is 14.9 Å². The largest absolute Gasteiger partial charge is 0.364 e. The molecule has 0 saturated carbocycles. The second-order valence-corrected chi connectivity index (χ2v) is 2.90. The molecular weight excluding hydrogens is 196 g/mol. The Labute approximate surface area is 84.5 Å². The fourth-order valence-corrected chi connectivity index (χ4v) is 1.33. The zero-order chi connectivity index (χ0) is 10.8. The highest BCUT2D eigenvalue weighted by molar-refractivity contribution is 5.96. The maximum Gasteiger partial charge on any atom is 0.364 e. The van der Waals surface area contributed by atoms with Crippen molar-refractivity contribution >= 4 is 23.0 Å². The van der Waals surface area contributed by atoms with Gasteiger partial charge in [-0.2, -0.15) is 0 Å². The highest BCUT2D eigenvalue weighted by Crippen LogP contribution is 2.18. The van der Waals surface area contributed by atoms with E-state index in [1.54, 1.807) is 24.5 Å². The predicted octanol–water partition coefficient (Wildman–Crippen LogP) is 1.60. The maximum absolute atomic E-state index is 10.6. The van der Waals surface area contributed by atoms with Crippen molar-refractivity contribution in [1.29, 1.82) is 0 Å². The van der Waals surface area contributed by atoms with Gasteiger partial charge in [-0.3, -0.25) is 4.79 Å². The first-order valence-electron chi connectivity index (χ1n) is 4.14. The van der Waals surface area contributed by atoms with Gasteiger partial charge >= 0.3 is 5.82 Å². The van der Waals surface area contributed by atoms with E-state index < -0.39 is 4.92 Å². The number of carbonyl (C=O) groups excluding carboxylic acids is 1. The number of aromatic nitrogens is 1.